The summed E-state index contributed by atoms with van der Waals surface area (Å²) in [6, 6.07) is 5.33. The molecule has 1 aliphatic rings. The SMILES string of the molecule is COc1ccc(NC(N)=NCc2noc3c2CCCC3)cc1Cl. The van der Waals surface area contributed by atoms with Crippen LogP contribution >= 0.6 is 11.6 Å². The van der Waals surface area contributed by atoms with Crippen LogP contribution in [0.4, 0.5) is 5.69 Å². The summed E-state index contributed by atoms with van der Waals surface area (Å²) < 4.78 is 10.5. The Morgan fingerprint density at radius 3 is 3.04 bits per heavy atom. The lowest BCUT2D eigenvalue weighted by atomic mass is 9.96. The van der Waals surface area contributed by atoms with E-state index < -0.39 is 0 Å². The van der Waals surface area contributed by atoms with Crippen molar-refractivity contribution < 1.29 is 9.26 Å². The van der Waals surface area contributed by atoms with Gasteiger partial charge in [0, 0.05) is 17.7 Å². The molecule has 122 valence electrons. The molecular formula is C16H19ClN4O2. The third-order valence-electron chi connectivity index (χ3n) is 3.85. The highest BCUT2D eigenvalue weighted by Gasteiger charge is 2.18. The predicted octanol–water partition coefficient (Wildman–Crippen LogP) is 3.14. The molecule has 0 saturated heterocycles. The largest absolute Gasteiger partial charge is 0.495 e. The highest BCUT2D eigenvalue weighted by molar-refractivity contribution is 6.32. The Labute approximate surface area is 139 Å². The van der Waals surface area contributed by atoms with Crippen LogP contribution in [0.25, 0.3) is 0 Å². The van der Waals surface area contributed by atoms with Crippen LogP contribution in [-0.4, -0.2) is 18.2 Å². The first-order chi connectivity index (χ1) is 11.2. The zero-order valence-electron chi connectivity index (χ0n) is 12.9. The predicted molar refractivity (Wildman–Crippen MR) is 90.1 cm³/mol. The summed E-state index contributed by atoms with van der Waals surface area (Å²) in [5, 5.41) is 7.63. The van der Waals surface area contributed by atoms with E-state index in [0.29, 0.717) is 23.3 Å². The monoisotopic (exact) mass is 334 g/mol. The van der Waals surface area contributed by atoms with E-state index in [1.54, 1.807) is 19.2 Å². The molecule has 0 saturated carbocycles. The summed E-state index contributed by atoms with van der Waals surface area (Å²) >= 11 is 6.08. The number of nitrogens with zero attached hydrogens (tertiary/aromatic N) is 2. The minimum Gasteiger partial charge on any atom is -0.495 e. The Kier molecular flexibility index (Phi) is 4.71. The number of anilines is 1. The topological polar surface area (TPSA) is 85.7 Å². The highest BCUT2D eigenvalue weighted by Crippen LogP contribution is 2.27. The molecule has 1 heterocycles. The van der Waals surface area contributed by atoms with Crippen LogP contribution in [-0.2, 0) is 19.4 Å². The van der Waals surface area contributed by atoms with E-state index in [1.807, 2.05) is 6.07 Å². The molecule has 0 spiro atoms. The van der Waals surface area contributed by atoms with Gasteiger partial charge in [0.1, 0.15) is 17.2 Å². The van der Waals surface area contributed by atoms with Crippen molar-refractivity contribution in [1.82, 2.24) is 5.16 Å². The second kappa shape index (κ2) is 6.91. The van der Waals surface area contributed by atoms with Crippen molar-refractivity contribution in [1.29, 1.82) is 0 Å². The Balaban J connectivity index is 1.66. The summed E-state index contributed by atoms with van der Waals surface area (Å²) in [4.78, 5) is 4.33. The third-order valence-corrected chi connectivity index (χ3v) is 4.15. The number of benzene rings is 1. The number of methoxy groups -OCH3 is 1. The van der Waals surface area contributed by atoms with E-state index >= 15 is 0 Å². The van der Waals surface area contributed by atoms with Crippen LogP contribution in [0, 0.1) is 0 Å². The summed E-state index contributed by atoms with van der Waals surface area (Å²) in [6.07, 6.45) is 4.30. The van der Waals surface area contributed by atoms with Crippen molar-refractivity contribution in [2.75, 3.05) is 12.4 Å². The number of guanidine groups is 1. The molecule has 0 bridgehead atoms. The smallest absolute Gasteiger partial charge is 0.193 e. The zero-order valence-corrected chi connectivity index (χ0v) is 13.7. The molecule has 1 aromatic heterocycles. The summed E-state index contributed by atoms with van der Waals surface area (Å²) in [5.74, 6) is 1.91. The number of nitrogens with two attached hydrogens (primary N) is 1. The quantitative estimate of drug-likeness (QED) is 0.662. The second-order valence-corrected chi connectivity index (χ2v) is 5.82. The number of ether oxygens (including phenoxy) is 1. The third kappa shape index (κ3) is 3.59. The lowest BCUT2D eigenvalue weighted by Crippen LogP contribution is -2.22. The first-order valence-corrected chi connectivity index (χ1v) is 7.92. The number of fused-ring (bicyclic) bond motifs is 1. The average molecular weight is 335 g/mol. The maximum Gasteiger partial charge on any atom is 0.193 e. The fourth-order valence-electron chi connectivity index (χ4n) is 2.66. The van der Waals surface area contributed by atoms with Gasteiger partial charge < -0.3 is 20.3 Å². The Morgan fingerprint density at radius 1 is 1.43 bits per heavy atom. The Morgan fingerprint density at radius 2 is 2.26 bits per heavy atom. The van der Waals surface area contributed by atoms with E-state index in [0.717, 1.165) is 36.4 Å². The van der Waals surface area contributed by atoms with E-state index in [2.05, 4.69) is 15.5 Å². The minimum absolute atomic E-state index is 0.304. The molecule has 7 heteroatoms. The number of halogens is 1. The number of aryl methyl sites for hydroxylation is 1. The summed E-state index contributed by atoms with van der Waals surface area (Å²) in [5.41, 5.74) is 8.74. The van der Waals surface area contributed by atoms with Crippen LogP contribution in [0.1, 0.15) is 29.9 Å². The van der Waals surface area contributed by atoms with Gasteiger partial charge in [-0.3, -0.25) is 0 Å². The number of hydrogen-bond donors (Lipinski definition) is 2. The number of rotatable bonds is 4. The Hall–Kier alpha value is -2.21. The van der Waals surface area contributed by atoms with Crippen LogP contribution in [0.15, 0.2) is 27.7 Å². The van der Waals surface area contributed by atoms with Crippen molar-refractivity contribution in [2.24, 2.45) is 10.7 Å². The standard InChI is InChI=1S/C16H19ClN4O2/c1-22-15-7-6-10(8-12(15)17)20-16(18)19-9-13-11-4-2-3-5-14(11)23-21-13/h6-8H,2-5,9H2,1H3,(H3,18,19,20). The van der Waals surface area contributed by atoms with Crippen molar-refractivity contribution in [2.45, 2.75) is 32.2 Å². The number of nitrogens with one attached hydrogen (secondary N) is 1. The van der Waals surface area contributed by atoms with Crippen LogP contribution in [0.3, 0.4) is 0 Å². The van der Waals surface area contributed by atoms with E-state index in [9.17, 15) is 0 Å². The van der Waals surface area contributed by atoms with Gasteiger partial charge in [-0.1, -0.05) is 16.8 Å². The molecule has 0 radical (unpaired) electrons. The first kappa shape index (κ1) is 15.7. The van der Waals surface area contributed by atoms with Gasteiger partial charge in [-0.05, 0) is 37.5 Å². The van der Waals surface area contributed by atoms with E-state index in [4.69, 9.17) is 26.6 Å². The number of aromatic nitrogens is 1. The molecule has 1 aromatic carbocycles. The van der Waals surface area contributed by atoms with Gasteiger partial charge in [0.25, 0.3) is 0 Å². The molecule has 0 unspecified atom stereocenters. The fourth-order valence-corrected chi connectivity index (χ4v) is 2.92. The maximum atomic E-state index is 6.08. The molecular weight excluding hydrogens is 316 g/mol. The average Bonchev–Trinajstić information content (AvgIpc) is 2.96. The van der Waals surface area contributed by atoms with E-state index in [1.165, 1.54) is 12.0 Å². The molecule has 0 aliphatic heterocycles. The van der Waals surface area contributed by atoms with Crippen molar-refractivity contribution in [3.8, 4) is 5.75 Å². The molecule has 6 nitrogen and oxygen atoms in total. The van der Waals surface area contributed by atoms with Gasteiger partial charge in [-0.2, -0.15) is 0 Å². The lowest BCUT2D eigenvalue weighted by Gasteiger charge is -2.09. The van der Waals surface area contributed by atoms with Crippen molar-refractivity contribution >= 4 is 23.2 Å². The fraction of sp³-hybridized carbons (Fsp3) is 0.375. The van der Waals surface area contributed by atoms with Gasteiger partial charge in [0.05, 0.1) is 18.7 Å². The molecule has 3 N–H and O–H groups in total. The number of hydrogen-bond acceptors (Lipinski definition) is 4. The van der Waals surface area contributed by atoms with Gasteiger partial charge >= 0.3 is 0 Å². The molecule has 23 heavy (non-hydrogen) atoms. The number of aliphatic imine (C=N–C) groups is 1. The van der Waals surface area contributed by atoms with Crippen LogP contribution in [0.2, 0.25) is 5.02 Å². The van der Waals surface area contributed by atoms with Gasteiger partial charge in [0.2, 0.25) is 0 Å². The Bertz CT molecular complexity index is 727. The normalized spacial score (nSPS) is 14.4. The highest BCUT2D eigenvalue weighted by atomic mass is 35.5. The van der Waals surface area contributed by atoms with Gasteiger partial charge in [-0.25, -0.2) is 4.99 Å². The molecule has 0 amide bonds. The summed E-state index contributed by atoms with van der Waals surface area (Å²) in [7, 11) is 1.57. The van der Waals surface area contributed by atoms with Gasteiger partial charge in [0.15, 0.2) is 5.96 Å². The van der Waals surface area contributed by atoms with Crippen molar-refractivity contribution in [3.05, 3.63) is 40.2 Å². The van der Waals surface area contributed by atoms with Crippen LogP contribution in [0.5, 0.6) is 5.75 Å². The molecule has 1 aliphatic carbocycles. The van der Waals surface area contributed by atoms with Gasteiger partial charge in [-0.15, -0.1) is 0 Å². The van der Waals surface area contributed by atoms with E-state index in [-0.39, 0.29) is 0 Å². The second-order valence-electron chi connectivity index (χ2n) is 5.41. The summed E-state index contributed by atoms with van der Waals surface area (Å²) in [6.45, 7) is 0.404. The lowest BCUT2D eigenvalue weighted by molar-refractivity contribution is 0.368. The van der Waals surface area contributed by atoms with Crippen molar-refractivity contribution in [3.63, 3.8) is 0 Å². The minimum atomic E-state index is 0.304. The first-order valence-electron chi connectivity index (χ1n) is 7.54. The zero-order chi connectivity index (χ0) is 16.2. The molecule has 0 fully saturated rings. The molecule has 3 rings (SSSR count). The molecule has 2 aromatic rings. The maximum absolute atomic E-state index is 6.08. The molecule has 0 atom stereocenters. The van der Waals surface area contributed by atoms with Crippen LogP contribution < -0.4 is 15.8 Å².